The molecule has 26 heavy (non-hydrogen) atoms. The first-order valence-electron chi connectivity index (χ1n) is 8.90. The van der Waals surface area contributed by atoms with Crippen LogP contribution in [0.3, 0.4) is 0 Å². The van der Waals surface area contributed by atoms with Crippen LogP contribution >= 0.6 is 11.8 Å². The predicted octanol–water partition coefficient (Wildman–Crippen LogP) is 2.57. The number of fused-ring (bicyclic) bond motifs is 1. The van der Waals surface area contributed by atoms with Crippen LogP contribution in [0.1, 0.15) is 39.2 Å². The van der Waals surface area contributed by atoms with E-state index in [1.165, 1.54) is 5.56 Å². The second-order valence-electron chi connectivity index (χ2n) is 6.88. The van der Waals surface area contributed by atoms with Crippen LogP contribution in [-0.4, -0.2) is 45.5 Å². The fourth-order valence-electron chi connectivity index (χ4n) is 3.37. The third kappa shape index (κ3) is 3.58. The van der Waals surface area contributed by atoms with Crippen molar-refractivity contribution in [3.05, 3.63) is 29.8 Å². The van der Waals surface area contributed by atoms with Crippen LogP contribution in [-0.2, 0) is 25.5 Å². The van der Waals surface area contributed by atoms with Gasteiger partial charge in [0.1, 0.15) is 6.04 Å². The molecule has 1 aromatic carbocycles. The molecular formula is C19H24N2O4S. The number of carbonyl (C=O) groups excluding carboxylic acids is 3. The third-order valence-electron chi connectivity index (χ3n) is 5.01. The summed E-state index contributed by atoms with van der Waals surface area (Å²) < 4.78 is 5.36. The molecule has 0 spiro atoms. The zero-order valence-corrected chi connectivity index (χ0v) is 16.1. The number of benzene rings is 1. The summed E-state index contributed by atoms with van der Waals surface area (Å²) in [6.07, 6.45) is 1.19. The Bertz CT molecular complexity index is 721. The van der Waals surface area contributed by atoms with Gasteiger partial charge in [-0.1, -0.05) is 19.1 Å². The maximum Gasteiger partial charge on any atom is 0.330 e. The van der Waals surface area contributed by atoms with Crippen LogP contribution in [0.2, 0.25) is 0 Å². The molecule has 3 rings (SSSR count). The fraction of sp³-hybridized carbons (Fsp3) is 0.526. The van der Waals surface area contributed by atoms with Crippen molar-refractivity contribution < 1.29 is 19.1 Å². The molecule has 2 fully saturated rings. The van der Waals surface area contributed by atoms with Gasteiger partial charge in [-0.25, -0.2) is 4.79 Å². The minimum Gasteiger partial charge on any atom is -0.451 e. The van der Waals surface area contributed by atoms with Crippen molar-refractivity contribution in [1.82, 2.24) is 4.90 Å². The quantitative estimate of drug-likeness (QED) is 0.800. The lowest BCUT2D eigenvalue weighted by molar-refractivity contribution is -0.160. The molecule has 2 heterocycles. The van der Waals surface area contributed by atoms with Crippen molar-refractivity contribution in [2.24, 2.45) is 0 Å². The SMILES string of the molecule is CCc1ccc(NC(=O)[C@H](C)OC(=O)[C@@H]2CS[C@@]3(C)CCC(=O)N23)cc1. The average molecular weight is 376 g/mol. The number of amides is 2. The molecule has 1 N–H and O–H groups in total. The Morgan fingerprint density at radius 2 is 2.08 bits per heavy atom. The van der Waals surface area contributed by atoms with Crippen LogP contribution in [0.5, 0.6) is 0 Å². The first-order valence-corrected chi connectivity index (χ1v) is 9.89. The van der Waals surface area contributed by atoms with Crippen LogP contribution in [0, 0.1) is 0 Å². The van der Waals surface area contributed by atoms with Gasteiger partial charge < -0.3 is 15.0 Å². The average Bonchev–Trinajstić information content (AvgIpc) is 3.11. The molecule has 1 aromatic rings. The molecule has 0 aromatic heterocycles. The van der Waals surface area contributed by atoms with Crippen molar-refractivity contribution in [2.75, 3.05) is 11.1 Å². The number of esters is 1. The lowest BCUT2D eigenvalue weighted by Crippen LogP contribution is -2.48. The summed E-state index contributed by atoms with van der Waals surface area (Å²) in [7, 11) is 0. The summed E-state index contributed by atoms with van der Waals surface area (Å²) in [5.41, 5.74) is 1.84. The van der Waals surface area contributed by atoms with Crippen LogP contribution in [0.25, 0.3) is 0 Å². The molecular weight excluding hydrogens is 352 g/mol. The Kier molecular flexibility index (Phi) is 5.27. The van der Waals surface area contributed by atoms with Gasteiger partial charge in [-0.15, -0.1) is 11.8 Å². The van der Waals surface area contributed by atoms with Crippen LogP contribution in [0.4, 0.5) is 5.69 Å². The Morgan fingerprint density at radius 1 is 1.38 bits per heavy atom. The van der Waals surface area contributed by atoms with Gasteiger partial charge in [0.25, 0.3) is 5.91 Å². The van der Waals surface area contributed by atoms with Gasteiger partial charge in [0, 0.05) is 17.9 Å². The van der Waals surface area contributed by atoms with Crippen molar-refractivity contribution in [3.8, 4) is 0 Å². The first-order chi connectivity index (χ1) is 12.3. The molecule has 6 nitrogen and oxygen atoms in total. The van der Waals surface area contributed by atoms with Gasteiger partial charge in [0.15, 0.2) is 6.10 Å². The molecule has 0 radical (unpaired) electrons. The Hall–Kier alpha value is -2.02. The van der Waals surface area contributed by atoms with Gasteiger partial charge in [0.05, 0.1) is 4.87 Å². The zero-order valence-electron chi connectivity index (χ0n) is 15.3. The molecule has 0 saturated carbocycles. The monoisotopic (exact) mass is 376 g/mol. The van der Waals surface area contributed by atoms with E-state index in [1.807, 2.05) is 31.2 Å². The highest BCUT2D eigenvalue weighted by atomic mass is 32.2. The maximum atomic E-state index is 12.5. The smallest absolute Gasteiger partial charge is 0.330 e. The van der Waals surface area contributed by atoms with E-state index in [0.29, 0.717) is 17.9 Å². The van der Waals surface area contributed by atoms with Gasteiger partial charge in [0.2, 0.25) is 5.91 Å². The van der Waals surface area contributed by atoms with Gasteiger partial charge in [-0.05, 0) is 44.4 Å². The van der Waals surface area contributed by atoms with E-state index in [2.05, 4.69) is 12.2 Å². The summed E-state index contributed by atoms with van der Waals surface area (Å²) in [6.45, 7) is 5.58. The largest absolute Gasteiger partial charge is 0.451 e. The van der Waals surface area contributed by atoms with E-state index in [9.17, 15) is 14.4 Å². The van der Waals surface area contributed by atoms with E-state index < -0.39 is 18.1 Å². The molecule has 0 unspecified atom stereocenters. The highest BCUT2D eigenvalue weighted by Gasteiger charge is 2.53. The number of rotatable bonds is 5. The molecule has 2 aliphatic heterocycles. The van der Waals surface area contributed by atoms with Crippen molar-refractivity contribution in [2.45, 2.75) is 57.1 Å². The molecule has 2 aliphatic rings. The minimum atomic E-state index is -0.928. The molecule has 3 atom stereocenters. The number of nitrogens with zero attached hydrogens (tertiary/aromatic N) is 1. The number of hydrogen-bond acceptors (Lipinski definition) is 5. The standard InChI is InChI=1S/C19H24N2O4S/c1-4-13-5-7-14(8-6-13)20-17(23)12(2)25-18(24)15-11-26-19(3)10-9-16(22)21(15)19/h5-8,12,15H,4,9-11H2,1-3H3,(H,20,23)/t12-,15-,19-/m0/s1. The Morgan fingerprint density at radius 3 is 2.73 bits per heavy atom. The Labute approximate surface area is 157 Å². The summed E-state index contributed by atoms with van der Waals surface area (Å²) in [5, 5.41) is 2.75. The summed E-state index contributed by atoms with van der Waals surface area (Å²) >= 11 is 1.60. The number of hydrogen-bond donors (Lipinski definition) is 1. The van der Waals surface area contributed by atoms with Crippen LogP contribution < -0.4 is 5.32 Å². The topological polar surface area (TPSA) is 75.7 Å². The third-order valence-corrected chi connectivity index (χ3v) is 6.51. The van der Waals surface area contributed by atoms with E-state index in [1.54, 1.807) is 23.6 Å². The zero-order chi connectivity index (χ0) is 18.9. The van der Waals surface area contributed by atoms with Crippen LogP contribution in [0.15, 0.2) is 24.3 Å². The number of aryl methyl sites for hydroxylation is 1. The summed E-state index contributed by atoms with van der Waals surface area (Å²) in [6, 6.07) is 6.93. The normalized spacial score (nSPS) is 25.7. The van der Waals surface area contributed by atoms with Gasteiger partial charge in [-0.2, -0.15) is 0 Å². The van der Waals surface area contributed by atoms with E-state index in [4.69, 9.17) is 4.74 Å². The second-order valence-corrected chi connectivity index (χ2v) is 8.39. The van der Waals surface area contributed by atoms with Gasteiger partial charge >= 0.3 is 5.97 Å². The second kappa shape index (κ2) is 7.31. The van der Waals surface area contributed by atoms with Crippen molar-refractivity contribution in [1.29, 1.82) is 0 Å². The molecule has 2 amide bonds. The number of nitrogens with one attached hydrogen (secondary N) is 1. The van der Waals surface area contributed by atoms with E-state index in [-0.39, 0.29) is 16.7 Å². The molecule has 7 heteroatoms. The van der Waals surface area contributed by atoms with Gasteiger partial charge in [-0.3, -0.25) is 9.59 Å². The number of ether oxygens (including phenoxy) is 1. The molecule has 0 bridgehead atoms. The van der Waals surface area contributed by atoms with E-state index >= 15 is 0 Å². The van der Waals surface area contributed by atoms with Crippen molar-refractivity contribution >= 4 is 35.2 Å². The number of anilines is 1. The first kappa shape index (κ1) is 18.8. The predicted molar refractivity (Wildman–Crippen MR) is 101 cm³/mol. The fourth-order valence-corrected chi connectivity index (χ4v) is 4.79. The highest BCUT2D eigenvalue weighted by molar-refractivity contribution is 8.01. The molecule has 0 aliphatic carbocycles. The van der Waals surface area contributed by atoms with Crippen molar-refractivity contribution in [3.63, 3.8) is 0 Å². The Balaban J connectivity index is 1.58. The molecule has 140 valence electrons. The minimum absolute atomic E-state index is 0.0208. The lowest BCUT2D eigenvalue weighted by atomic mass is 10.1. The summed E-state index contributed by atoms with van der Waals surface area (Å²) in [4.78, 5) is 38.2. The maximum absolute atomic E-state index is 12.5. The number of carbonyl (C=O) groups is 3. The highest BCUT2D eigenvalue weighted by Crippen LogP contribution is 2.47. The number of thioether (sulfide) groups is 1. The van der Waals surface area contributed by atoms with E-state index in [0.717, 1.165) is 12.8 Å². The molecule has 2 saturated heterocycles. The summed E-state index contributed by atoms with van der Waals surface area (Å²) in [5.74, 6) is -0.412. The lowest BCUT2D eigenvalue weighted by Gasteiger charge is -2.29.